The lowest BCUT2D eigenvalue weighted by Gasteiger charge is -2.10. The Hall–Kier alpha value is -1.81. The van der Waals surface area contributed by atoms with Crippen molar-refractivity contribution in [1.29, 1.82) is 0 Å². The third-order valence-electron chi connectivity index (χ3n) is 3.50. The first-order chi connectivity index (χ1) is 10.3. The number of alkyl halides is 1. The highest BCUT2D eigenvalue weighted by molar-refractivity contribution is 9.09. The molecule has 2 aromatic rings. The molecule has 1 aromatic carbocycles. The van der Waals surface area contributed by atoms with Crippen molar-refractivity contribution in [2.45, 2.75) is 12.8 Å². The van der Waals surface area contributed by atoms with Crippen LogP contribution in [0.5, 0.6) is 17.4 Å². The first-order valence-corrected chi connectivity index (χ1v) is 7.99. The molecule has 0 radical (unpaired) electrons. The molecule has 1 aromatic heterocycles. The van der Waals surface area contributed by atoms with Gasteiger partial charge in [-0.3, -0.25) is 0 Å². The van der Waals surface area contributed by atoms with Crippen molar-refractivity contribution in [3.63, 3.8) is 0 Å². The Morgan fingerprint density at radius 2 is 2.24 bits per heavy atom. The van der Waals surface area contributed by atoms with Gasteiger partial charge in [-0.1, -0.05) is 28.1 Å². The van der Waals surface area contributed by atoms with E-state index in [2.05, 4.69) is 33.1 Å². The quantitative estimate of drug-likeness (QED) is 0.761. The molecule has 0 aliphatic carbocycles. The average Bonchev–Trinajstić information content (AvgIpc) is 2.68. The van der Waals surface area contributed by atoms with Crippen molar-refractivity contribution < 1.29 is 9.47 Å². The molecule has 2 heterocycles. The number of fused-ring (bicyclic) bond motifs is 2. The van der Waals surface area contributed by atoms with Gasteiger partial charge in [0.05, 0.1) is 7.11 Å². The van der Waals surface area contributed by atoms with Crippen molar-refractivity contribution >= 4 is 21.5 Å². The summed E-state index contributed by atoms with van der Waals surface area (Å²) in [5, 5.41) is 0.936. The molecule has 21 heavy (non-hydrogen) atoms. The molecule has 0 spiro atoms. The summed E-state index contributed by atoms with van der Waals surface area (Å²) in [4.78, 5) is 4.38. The number of allylic oxidation sites excluding steroid dienone is 2. The number of aromatic nitrogens is 1. The molecule has 0 N–H and O–H groups in total. The Morgan fingerprint density at radius 3 is 3.05 bits per heavy atom. The van der Waals surface area contributed by atoms with Crippen molar-refractivity contribution in [2.75, 3.05) is 12.4 Å². The average molecular weight is 346 g/mol. The molecule has 3 nitrogen and oxygen atoms in total. The summed E-state index contributed by atoms with van der Waals surface area (Å²) in [5.74, 6) is 2.33. The molecule has 0 saturated heterocycles. The lowest BCUT2D eigenvalue weighted by Crippen LogP contribution is -1.94. The molecule has 1 aliphatic rings. The van der Waals surface area contributed by atoms with Crippen LogP contribution in [0.15, 0.2) is 42.6 Å². The molecule has 4 heteroatoms. The van der Waals surface area contributed by atoms with Crippen LogP contribution in [0.3, 0.4) is 0 Å². The fourth-order valence-corrected chi connectivity index (χ4v) is 2.75. The van der Waals surface area contributed by atoms with E-state index in [-0.39, 0.29) is 0 Å². The normalized spacial score (nSPS) is 14.9. The second kappa shape index (κ2) is 6.31. The number of nitrogens with zero attached hydrogens (tertiary/aromatic N) is 1. The van der Waals surface area contributed by atoms with E-state index in [4.69, 9.17) is 9.47 Å². The largest absolute Gasteiger partial charge is 0.496 e. The number of pyridine rings is 1. The van der Waals surface area contributed by atoms with E-state index in [1.807, 2.05) is 24.3 Å². The van der Waals surface area contributed by atoms with E-state index in [1.165, 1.54) is 5.57 Å². The molecule has 1 aliphatic heterocycles. The Balaban J connectivity index is 2.14. The molecule has 0 bridgehead atoms. The van der Waals surface area contributed by atoms with Gasteiger partial charge in [-0.2, -0.15) is 0 Å². The monoisotopic (exact) mass is 345 g/mol. The molecule has 108 valence electrons. The second-order valence-corrected chi connectivity index (χ2v) is 5.57. The van der Waals surface area contributed by atoms with Crippen LogP contribution in [-0.4, -0.2) is 17.4 Å². The molecule has 0 atom stereocenters. The van der Waals surface area contributed by atoms with Crippen molar-refractivity contribution in [3.05, 3.63) is 53.7 Å². The summed E-state index contributed by atoms with van der Waals surface area (Å²) in [5.41, 5.74) is 3.34. The third-order valence-corrected chi connectivity index (χ3v) is 3.96. The van der Waals surface area contributed by atoms with Crippen LogP contribution in [0.25, 0.3) is 5.57 Å². The first kappa shape index (κ1) is 14.1. The minimum atomic E-state index is 0.658. The van der Waals surface area contributed by atoms with Crippen molar-refractivity contribution in [2.24, 2.45) is 0 Å². The number of methoxy groups -OCH3 is 1. The van der Waals surface area contributed by atoms with Gasteiger partial charge in [0.1, 0.15) is 11.5 Å². The summed E-state index contributed by atoms with van der Waals surface area (Å²) in [6, 6.07) is 9.86. The second-order valence-electron chi connectivity index (χ2n) is 4.78. The van der Waals surface area contributed by atoms with E-state index in [1.54, 1.807) is 13.3 Å². The third kappa shape index (κ3) is 2.81. The van der Waals surface area contributed by atoms with Gasteiger partial charge in [0.2, 0.25) is 5.88 Å². The molecule has 3 rings (SSSR count). The van der Waals surface area contributed by atoms with Crippen LogP contribution in [0.2, 0.25) is 0 Å². The van der Waals surface area contributed by atoms with E-state index in [0.717, 1.165) is 40.8 Å². The number of hydrogen-bond donors (Lipinski definition) is 0. The van der Waals surface area contributed by atoms with E-state index in [0.29, 0.717) is 5.88 Å². The van der Waals surface area contributed by atoms with Gasteiger partial charge in [-0.05, 0) is 36.3 Å². The highest BCUT2D eigenvalue weighted by Crippen LogP contribution is 2.41. The SMILES string of the molecule is COc1cccc2c1C/C(=C\CCBr)c1cccnc1O2. The summed E-state index contributed by atoms with van der Waals surface area (Å²) in [6.07, 6.45) is 5.74. The van der Waals surface area contributed by atoms with Gasteiger partial charge in [0.25, 0.3) is 0 Å². The zero-order chi connectivity index (χ0) is 14.7. The Bertz CT molecular complexity index is 682. The summed E-state index contributed by atoms with van der Waals surface area (Å²) in [7, 11) is 1.69. The van der Waals surface area contributed by atoms with Crippen LogP contribution in [-0.2, 0) is 6.42 Å². The zero-order valence-corrected chi connectivity index (χ0v) is 13.4. The highest BCUT2D eigenvalue weighted by atomic mass is 79.9. The van der Waals surface area contributed by atoms with Gasteiger partial charge < -0.3 is 9.47 Å². The maximum Gasteiger partial charge on any atom is 0.226 e. The fourth-order valence-electron chi connectivity index (χ4n) is 2.52. The zero-order valence-electron chi connectivity index (χ0n) is 11.8. The van der Waals surface area contributed by atoms with Crippen LogP contribution in [0.4, 0.5) is 0 Å². The molecule has 0 fully saturated rings. The van der Waals surface area contributed by atoms with Crippen LogP contribution in [0.1, 0.15) is 17.5 Å². The van der Waals surface area contributed by atoms with Crippen molar-refractivity contribution in [1.82, 2.24) is 4.98 Å². The first-order valence-electron chi connectivity index (χ1n) is 6.87. The number of rotatable bonds is 3. The minimum absolute atomic E-state index is 0.658. The smallest absolute Gasteiger partial charge is 0.226 e. The minimum Gasteiger partial charge on any atom is -0.496 e. The van der Waals surface area contributed by atoms with Gasteiger partial charge in [-0.15, -0.1) is 0 Å². The Labute approximate surface area is 132 Å². The topological polar surface area (TPSA) is 31.4 Å². The lowest BCUT2D eigenvalue weighted by atomic mass is 9.98. The molecule has 0 unspecified atom stereocenters. The number of halogens is 1. The fraction of sp³-hybridized carbons (Fsp3) is 0.235. The molecular formula is C17H16BrNO2. The van der Waals surface area contributed by atoms with Crippen LogP contribution >= 0.6 is 15.9 Å². The van der Waals surface area contributed by atoms with Gasteiger partial charge in [0, 0.05) is 29.1 Å². The predicted molar refractivity (Wildman–Crippen MR) is 87.4 cm³/mol. The maximum atomic E-state index is 6.01. The van der Waals surface area contributed by atoms with Crippen LogP contribution < -0.4 is 9.47 Å². The number of benzene rings is 1. The number of ether oxygens (including phenoxy) is 2. The van der Waals surface area contributed by atoms with E-state index < -0.39 is 0 Å². The molecule has 0 amide bonds. The summed E-state index contributed by atoms with van der Waals surface area (Å²) >= 11 is 3.48. The van der Waals surface area contributed by atoms with Crippen molar-refractivity contribution in [3.8, 4) is 17.4 Å². The van der Waals surface area contributed by atoms with Crippen LogP contribution in [0, 0.1) is 0 Å². The van der Waals surface area contributed by atoms with E-state index in [9.17, 15) is 0 Å². The predicted octanol–water partition coefficient (Wildman–Crippen LogP) is 4.61. The number of hydrogen-bond acceptors (Lipinski definition) is 3. The molecule has 0 saturated carbocycles. The highest BCUT2D eigenvalue weighted by Gasteiger charge is 2.21. The summed E-state index contributed by atoms with van der Waals surface area (Å²) < 4.78 is 11.5. The van der Waals surface area contributed by atoms with Gasteiger partial charge in [-0.25, -0.2) is 4.98 Å². The summed E-state index contributed by atoms with van der Waals surface area (Å²) in [6.45, 7) is 0. The van der Waals surface area contributed by atoms with Gasteiger partial charge in [0.15, 0.2) is 0 Å². The standard InChI is InChI=1S/C17H16BrNO2/c1-20-15-7-2-8-16-14(15)11-12(5-3-9-18)13-6-4-10-19-17(13)21-16/h2,4-8,10H,3,9,11H2,1H3/b12-5+. The Morgan fingerprint density at radius 1 is 1.33 bits per heavy atom. The Kier molecular flexibility index (Phi) is 4.25. The lowest BCUT2D eigenvalue weighted by molar-refractivity contribution is 0.402. The van der Waals surface area contributed by atoms with Gasteiger partial charge >= 0.3 is 0 Å². The molecular weight excluding hydrogens is 330 g/mol. The van der Waals surface area contributed by atoms with E-state index >= 15 is 0 Å². The maximum absolute atomic E-state index is 6.01.